The van der Waals surface area contributed by atoms with Crippen molar-refractivity contribution in [3.8, 4) is 0 Å². The lowest BCUT2D eigenvalue weighted by Gasteiger charge is -2.15. The van der Waals surface area contributed by atoms with Gasteiger partial charge in [-0.1, -0.05) is 59.9 Å². The molecule has 0 saturated carbocycles. The fourth-order valence-corrected chi connectivity index (χ4v) is 3.93. The third-order valence-electron chi connectivity index (χ3n) is 2.66. The number of benzene rings is 2. The summed E-state index contributed by atoms with van der Waals surface area (Å²) in [7, 11) is 0. The molecule has 2 aromatic carbocycles. The summed E-state index contributed by atoms with van der Waals surface area (Å²) in [6.07, 6.45) is 0. The lowest BCUT2D eigenvalue weighted by Crippen LogP contribution is -1.96. The monoisotopic (exact) mass is 450 g/mol. The Kier molecular flexibility index (Phi) is 4.92. The lowest BCUT2D eigenvalue weighted by atomic mass is 10.0. The van der Waals surface area contributed by atoms with Gasteiger partial charge in [0.15, 0.2) is 0 Å². The maximum absolute atomic E-state index is 6.59. The Hall–Kier alpha value is 0.170. The van der Waals surface area contributed by atoms with Crippen molar-refractivity contribution in [3.05, 3.63) is 66.5 Å². The van der Waals surface area contributed by atoms with Gasteiger partial charge >= 0.3 is 0 Å². The van der Waals surface area contributed by atoms with Gasteiger partial charge in [-0.3, -0.25) is 0 Å². The first-order chi connectivity index (χ1) is 8.49. The molecule has 2 rings (SSSR count). The van der Waals surface area contributed by atoms with E-state index in [0.29, 0.717) is 0 Å². The van der Waals surface area contributed by atoms with Crippen molar-refractivity contribution in [2.24, 2.45) is 0 Å². The highest BCUT2D eigenvalue weighted by atomic mass is 79.9. The fraction of sp³-hybridized carbons (Fsp3) is 0.143. The molecule has 0 heterocycles. The van der Waals surface area contributed by atoms with E-state index in [-0.39, 0.29) is 5.38 Å². The molecule has 0 aromatic heterocycles. The van der Waals surface area contributed by atoms with E-state index in [1.807, 2.05) is 18.2 Å². The van der Waals surface area contributed by atoms with Crippen molar-refractivity contribution < 1.29 is 0 Å². The second-order valence-corrected chi connectivity index (χ2v) is 7.11. The van der Waals surface area contributed by atoms with Crippen molar-refractivity contribution in [3.63, 3.8) is 0 Å². The average molecular weight is 453 g/mol. The number of hydrogen-bond donors (Lipinski definition) is 0. The summed E-state index contributed by atoms with van der Waals surface area (Å²) >= 11 is 17.2. The molecule has 0 saturated heterocycles. The molecular weight excluding hydrogens is 443 g/mol. The number of alkyl halides is 1. The van der Waals surface area contributed by atoms with Crippen LogP contribution in [0.15, 0.2) is 49.8 Å². The molecule has 94 valence electrons. The Bertz CT molecular complexity index is 581. The minimum atomic E-state index is -0.188. The topological polar surface area (TPSA) is 0 Å². The van der Waals surface area contributed by atoms with Crippen molar-refractivity contribution >= 4 is 59.4 Å². The maximum Gasteiger partial charge on any atom is 0.0857 e. The van der Waals surface area contributed by atoms with E-state index in [2.05, 4.69) is 72.9 Å². The Morgan fingerprint density at radius 2 is 1.61 bits per heavy atom. The van der Waals surface area contributed by atoms with E-state index in [1.54, 1.807) is 0 Å². The van der Waals surface area contributed by atoms with E-state index in [1.165, 1.54) is 5.56 Å². The van der Waals surface area contributed by atoms with Crippen LogP contribution in [0.1, 0.15) is 22.1 Å². The van der Waals surface area contributed by atoms with Crippen LogP contribution >= 0.6 is 59.4 Å². The molecular formula is C14H10Br3Cl. The molecule has 18 heavy (non-hydrogen) atoms. The van der Waals surface area contributed by atoms with Crippen LogP contribution in [-0.4, -0.2) is 0 Å². The summed E-state index contributed by atoms with van der Waals surface area (Å²) in [6, 6.07) is 12.2. The summed E-state index contributed by atoms with van der Waals surface area (Å²) in [5.41, 5.74) is 3.33. The smallest absolute Gasteiger partial charge is 0.0857 e. The number of halogens is 4. The third kappa shape index (κ3) is 3.19. The van der Waals surface area contributed by atoms with E-state index in [0.717, 1.165) is 24.5 Å². The van der Waals surface area contributed by atoms with Crippen LogP contribution < -0.4 is 0 Å². The van der Waals surface area contributed by atoms with Gasteiger partial charge in [0, 0.05) is 13.4 Å². The average Bonchev–Trinajstić information content (AvgIpc) is 2.31. The summed E-state index contributed by atoms with van der Waals surface area (Å²) in [4.78, 5) is 0. The molecule has 0 amide bonds. The minimum Gasteiger partial charge on any atom is -0.113 e. The van der Waals surface area contributed by atoms with Crippen molar-refractivity contribution in [1.29, 1.82) is 0 Å². The Labute approximate surface area is 137 Å². The van der Waals surface area contributed by atoms with Crippen LogP contribution in [-0.2, 0) is 0 Å². The van der Waals surface area contributed by atoms with Crippen LogP contribution in [0, 0.1) is 6.92 Å². The molecule has 0 aliphatic heterocycles. The molecule has 0 fully saturated rings. The highest BCUT2D eigenvalue weighted by Crippen LogP contribution is 2.38. The first-order valence-electron chi connectivity index (χ1n) is 5.34. The fourth-order valence-electron chi connectivity index (χ4n) is 1.71. The number of rotatable bonds is 2. The molecule has 1 atom stereocenters. The maximum atomic E-state index is 6.59. The van der Waals surface area contributed by atoms with Gasteiger partial charge in [0.25, 0.3) is 0 Å². The first kappa shape index (κ1) is 14.6. The molecule has 0 bridgehead atoms. The second-order valence-electron chi connectivity index (χ2n) is 4.05. The lowest BCUT2D eigenvalue weighted by molar-refractivity contribution is 1.11. The van der Waals surface area contributed by atoms with E-state index in [9.17, 15) is 0 Å². The molecule has 1 unspecified atom stereocenters. The Morgan fingerprint density at radius 1 is 0.889 bits per heavy atom. The zero-order valence-corrected chi connectivity index (χ0v) is 15.1. The van der Waals surface area contributed by atoms with Gasteiger partial charge < -0.3 is 0 Å². The quantitative estimate of drug-likeness (QED) is 0.449. The molecule has 0 aliphatic carbocycles. The van der Waals surface area contributed by atoms with Crippen LogP contribution in [0.5, 0.6) is 0 Å². The Morgan fingerprint density at radius 3 is 2.28 bits per heavy atom. The van der Waals surface area contributed by atoms with Gasteiger partial charge in [0.1, 0.15) is 0 Å². The minimum absolute atomic E-state index is 0.188. The van der Waals surface area contributed by atoms with Gasteiger partial charge in [0.2, 0.25) is 0 Å². The highest BCUT2D eigenvalue weighted by molar-refractivity contribution is 9.11. The van der Waals surface area contributed by atoms with Gasteiger partial charge in [-0.25, -0.2) is 0 Å². The van der Waals surface area contributed by atoms with Crippen LogP contribution in [0.25, 0.3) is 0 Å². The van der Waals surface area contributed by atoms with Crippen LogP contribution in [0.3, 0.4) is 0 Å². The first-order valence-corrected chi connectivity index (χ1v) is 8.15. The number of aryl methyl sites for hydroxylation is 1. The van der Waals surface area contributed by atoms with Crippen molar-refractivity contribution in [2.75, 3.05) is 0 Å². The summed E-state index contributed by atoms with van der Waals surface area (Å²) in [5.74, 6) is 0. The van der Waals surface area contributed by atoms with E-state index in [4.69, 9.17) is 11.6 Å². The Balaban J connectivity index is 2.47. The molecule has 4 heteroatoms. The summed E-state index contributed by atoms with van der Waals surface area (Å²) in [5, 5.41) is -0.188. The normalized spacial score (nSPS) is 12.5. The molecule has 0 nitrogen and oxygen atoms in total. The van der Waals surface area contributed by atoms with E-state index >= 15 is 0 Å². The van der Waals surface area contributed by atoms with Crippen LogP contribution in [0.2, 0.25) is 0 Å². The zero-order chi connectivity index (χ0) is 13.3. The molecule has 0 N–H and O–H groups in total. The second kappa shape index (κ2) is 6.08. The number of hydrogen-bond acceptors (Lipinski definition) is 0. The third-order valence-corrected chi connectivity index (χ3v) is 5.03. The summed E-state index contributed by atoms with van der Waals surface area (Å²) < 4.78 is 3.07. The van der Waals surface area contributed by atoms with Gasteiger partial charge in [-0.15, -0.1) is 11.6 Å². The van der Waals surface area contributed by atoms with E-state index < -0.39 is 0 Å². The van der Waals surface area contributed by atoms with Gasteiger partial charge in [0.05, 0.1) is 5.38 Å². The standard InChI is InChI=1S/C14H10Br3Cl/c1-8-2-4-10(13(17)6-8)14(18)11-7-9(15)3-5-12(11)16/h2-7,14H,1H3. The predicted molar refractivity (Wildman–Crippen MR) is 88.4 cm³/mol. The highest BCUT2D eigenvalue weighted by Gasteiger charge is 2.17. The predicted octanol–water partition coefficient (Wildman–Crippen LogP) is 6.61. The zero-order valence-electron chi connectivity index (χ0n) is 9.55. The van der Waals surface area contributed by atoms with Crippen molar-refractivity contribution in [2.45, 2.75) is 12.3 Å². The summed E-state index contributed by atoms with van der Waals surface area (Å²) in [6.45, 7) is 2.06. The van der Waals surface area contributed by atoms with Gasteiger partial charge in [-0.2, -0.15) is 0 Å². The molecule has 0 spiro atoms. The van der Waals surface area contributed by atoms with Crippen LogP contribution in [0.4, 0.5) is 0 Å². The largest absolute Gasteiger partial charge is 0.113 e. The molecule has 2 aromatic rings. The SMILES string of the molecule is Cc1ccc(C(Cl)c2cc(Br)ccc2Br)c(Br)c1. The molecule has 0 aliphatic rings. The molecule has 0 radical (unpaired) electrons. The van der Waals surface area contributed by atoms with Crippen molar-refractivity contribution in [1.82, 2.24) is 0 Å². The van der Waals surface area contributed by atoms with Gasteiger partial charge in [-0.05, 0) is 47.9 Å².